The van der Waals surface area contributed by atoms with Crippen molar-refractivity contribution < 1.29 is 21.6 Å². The van der Waals surface area contributed by atoms with E-state index in [1.54, 1.807) is 56.5 Å². The molecule has 0 fully saturated rings. The van der Waals surface area contributed by atoms with Crippen LogP contribution in [0.25, 0.3) is 0 Å². The summed E-state index contributed by atoms with van der Waals surface area (Å²) in [7, 11) is -5.48. The third kappa shape index (κ3) is 4.88. The van der Waals surface area contributed by atoms with Crippen LogP contribution in [0.1, 0.15) is 30.5 Å². The predicted octanol–water partition coefficient (Wildman–Crippen LogP) is 2.57. The first-order valence-corrected chi connectivity index (χ1v) is 12.4. The van der Waals surface area contributed by atoms with E-state index in [-0.39, 0.29) is 5.75 Å². The second kappa shape index (κ2) is 8.03. The maximum absolute atomic E-state index is 12.7. The number of anilines is 1. The van der Waals surface area contributed by atoms with Crippen molar-refractivity contribution >= 4 is 31.4 Å². The van der Waals surface area contributed by atoms with Crippen LogP contribution in [0.2, 0.25) is 0 Å². The highest BCUT2D eigenvalue weighted by molar-refractivity contribution is 7.92. The number of hydrogen-bond acceptors (Lipinski definition) is 6. The van der Waals surface area contributed by atoms with Crippen LogP contribution in [-0.2, 0) is 20.0 Å². The van der Waals surface area contributed by atoms with Gasteiger partial charge in [-0.15, -0.1) is 0 Å². The fourth-order valence-corrected chi connectivity index (χ4v) is 4.75. The molecule has 0 spiro atoms. The van der Waals surface area contributed by atoms with E-state index in [1.165, 1.54) is 0 Å². The minimum Gasteiger partial charge on any atom is -0.497 e. The zero-order valence-electron chi connectivity index (χ0n) is 16.4. The average Bonchev–Trinajstić information content (AvgIpc) is 3.13. The Labute approximate surface area is 171 Å². The number of hydrogen-bond donors (Lipinski definition) is 1. The van der Waals surface area contributed by atoms with E-state index in [1.807, 2.05) is 6.07 Å². The first-order chi connectivity index (χ1) is 13.6. The van der Waals surface area contributed by atoms with Crippen molar-refractivity contribution in [1.29, 1.82) is 0 Å². The normalized spacial score (nSPS) is 17.1. The van der Waals surface area contributed by atoms with Crippen LogP contribution in [0.3, 0.4) is 0 Å². The van der Waals surface area contributed by atoms with Crippen molar-refractivity contribution in [2.24, 2.45) is 5.10 Å². The van der Waals surface area contributed by atoms with Gasteiger partial charge in [-0.05, 0) is 42.3 Å². The van der Waals surface area contributed by atoms with E-state index in [2.05, 4.69) is 9.82 Å². The second-order valence-corrected chi connectivity index (χ2v) is 10.5. The van der Waals surface area contributed by atoms with Crippen LogP contribution in [0.5, 0.6) is 5.75 Å². The third-order valence-corrected chi connectivity index (χ3v) is 6.74. The molecule has 0 amide bonds. The highest BCUT2D eigenvalue weighted by Crippen LogP contribution is 2.36. The average molecular weight is 438 g/mol. The van der Waals surface area contributed by atoms with Crippen molar-refractivity contribution in [1.82, 2.24) is 4.41 Å². The Morgan fingerprint density at radius 1 is 1.14 bits per heavy atom. The Kier molecular flexibility index (Phi) is 5.85. The molecule has 1 N–H and O–H groups in total. The van der Waals surface area contributed by atoms with Crippen LogP contribution >= 0.6 is 0 Å². The van der Waals surface area contributed by atoms with Gasteiger partial charge in [-0.3, -0.25) is 4.72 Å². The highest BCUT2D eigenvalue weighted by Gasteiger charge is 2.36. The maximum Gasteiger partial charge on any atom is 0.250 e. The van der Waals surface area contributed by atoms with Gasteiger partial charge in [0.05, 0.1) is 30.9 Å². The van der Waals surface area contributed by atoms with Crippen molar-refractivity contribution in [3.05, 3.63) is 59.7 Å². The van der Waals surface area contributed by atoms with E-state index in [4.69, 9.17) is 4.74 Å². The number of hydrazone groups is 1. The van der Waals surface area contributed by atoms with Crippen LogP contribution in [0, 0.1) is 0 Å². The van der Waals surface area contributed by atoms with Crippen molar-refractivity contribution in [3.8, 4) is 5.75 Å². The number of nitrogens with zero attached hydrogens (tertiary/aromatic N) is 2. The second-order valence-electron chi connectivity index (χ2n) is 6.67. The molecule has 156 valence electrons. The summed E-state index contributed by atoms with van der Waals surface area (Å²) in [6.07, 6.45) is 1.43. The SMILES string of the molecule is CCS(=O)(=O)N1N=C(c2cccc(NS(C)(=O)=O)c2)CC1c1cccc(OC)c1. The molecule has 1 aliphatic heterocycles. The van der Waals surface area contributed by atoms with Gasteiger partial charge in [-0.1, -0.05) is 24.3 Å². The first kappa shape index (κ1) is 21.1. The molecule has 1 atom stereocenters. The number of benzene rings is 2. The number of nitrogens with one attached hydrogen (secondary N) is 1. The summed E-state index contributed by atoms with van der Waals surface area (Å²) in [6, 6.07) is 13.5. The molecule has 1 unspecified atom stereocenters. The van der Waals surface area contributed by atoms with Gasteiger partial charge in [0.15, 0.2) is 0 Å². The molecule has 0 aromatic heterocycles. The fourth-order valence-electron chi connectivity index (χ4n) is 3.13. The molecule has 3 rings (SSSR count). The summed E-state index contributed by atoms with van der Waals surface area (Å²) in [4.78, 5) is 0. The maximum atomic E-state index is 12.7. The van der Waals surface area contributed by atoms with Crippen LogP contribution in [0.4, 0.5) is 5.69 Å². The minimum atomic E-state index is -3.60. The number of sulfonamides is 2. The smallest absolute Gasteiger partial charge is 0.250 e. The van der Waals surface area contributed by atoms with Crippen LogP contribution in [0.15, 0.2) is 53.6 Å². The zero-order valence-corrected chi connectivity index (χ0v) is 18.0. The molecule has 29 heavy (non-hydrogen) atoms. The Hall–Kier alpha value is -2.59. The topological polar surface area (TPSA) is 105 Å². The molecule has 0 saturated heterocycles. The summed E-state index contributed by atoms with van der Waals surface area (Å²) < 4.78 is 57.2. The van der Waals surface area contributed by atoms with Gasteiger partial charge in [-0.2, -0.15) is 9.52 Å². The molecule has 0 bridgehead atoms. The van der Waals surface area contributed by atoms with Gasteiger partial charge in [0.2, 0.25) is 20.0 Å². The number of methoxy groups -OCH3 is 1. The summed E-state index contributed by atoms with van der Waals surface area (Å²) in [6.45, 7) is 1.57. The quantitative estimate of drug-likeness (QED) is 0.717. The lowest BCUT2D eigenvalue weighted by molar-refractivity contribution is 0.369. The summed E-state index contributed by atoms with van der Waals surface area (Å²) in [5.74, 6) is 0.545. The zero-order chi connectivity index (χ0) is 21.2. The molecule has 1 aliphatic rings. The van der Waals surface area contributed by atoms with Crippen molar-refractivity contribution in [3.63, 3.8) is 0 Å². The van der Waals surface area contributed by atoms with E-state index >= 15 is 0 Å². The Morgan fingerprint density at radius 3 is 2.52 bits per heavy atom. The van der Waals surface area contributed by atoms with Crippen molar-refractivity contribution in [2.45, 2.75) is 19.4 Å². The van der Waals surface area contributed by atoms with E-state index in [0.29, 0.717) is 29.1 Å². The summed E-state index contributed by atoms with van der Waals surface area (Å²) >= 11 is 0. The van der Waals surface area contributed by atoms with Gasteiger partial charge in [0.25, 0.3) is 0 Å². The molecular weight excluding hydrogens is 414 g/mol. The van der Waals surface area contributed by atoms with Gasteiger partial charge < -0.3 is 4.74 Å². The number of ether oxygens (including phenoxy) is 1. The lowest BCUT2D eigenvalue weighted by Gasteiger charge is -2.23. The van der Waals surface area contributed by atoms with Gasteiger partial charge in [-0.25, -0.2) is 16.8 Å². The lowest BCUT2D eigenvalue weighted by Crippen LogP contribution is -2.28. The molecule has 1 heterocycles. The Bertz CT molecular complexity index is 1140. The molecule has 10 heteroatoms. The minimum absolute atomic E-state index is 0.0834. The van der Waals surface area contributed by atoms with E-state index in [9.17, 15) is 16.8 Å². The molecule has 0 radical (unpaired) electrons. The fraction of sp³-hybridized carbons (Fsp3) is 0.316. The standard InChI is InChI=1S/C19H23N3O5S2/c1-4-29(25,26)22-19(15-8-6-10-17(12-15)27-2)13-18(20-22)14-7-5-9-16(11-14)21-28(3,23)24/h5-12,19,21H,4,13H2,1-3H3. The Morgan fingerprint density at radius 2 is 1.86 bits per heavy atom. The van der Waals surface area contributed by atoms with E-state index in [0.717, 1.165) is 16.2 Å². The lowest BCUT2D eigenvalue weighted by atomic mass is 9.99. The van der Waals surface area contributed by atoms with Gasteiger partial charge in [0, 0.05) is 12.1 Å². The van der Waals surface area contributed by atoms with Crippen LogP contribution in [-0.4, -0.2) is 46.1 Å². The summed E-state index contributed by atoms with van der Waals surface area (Å²) in [5.41, 5.74) is 2.38. The highest BCUT2D eigenvalue weighted by atomic mass is 32.2. The molecular formula is C19H23N3O5S2. The predicted molar refractivity (Wildman–Crippen MR) is 113 cm³/mol. The molecule has 8 nitrogen and oxygen atoms in total. The van der Waals surface area contributed by atoms with Gasteiger partial charge >= 0.3 is 0 Å². The van der Waals surface area contributed by atoms with E-state index < -0.39 is 26.1 Å². The molecule has 0 saturated carbocycles. The number of rotatable bonds is 7. The van der Waals surface area contributed by atoms with Crippen LogP contribution < -0.4 is 9.46 Å². The molecule has 0 aliphatic carbocycles. The molecule has 2 aromatic rings. The largest absolute Gasteiger partial charge is 0.497 e. The third-order valence-electron chi connectivity index (χ3n) is 4.50. The Balaban J connectivity index is 2.01. The molecule has 2 aromatic carbocycles. The van der Waals surface area contributed by atoms with Gasteiger partial charge in [0.1, 0.15) is 5.75 Å². The summed E-state index contributed by atoms with van der Waals surface area (Å²) in [5, 5.41) is 4.40. The first-order valence-electron chi connectivity index (χ1n) is 8.94. The monoisotopic (exact) mass is 437 g/mol. The van der Waals surface area contributed by atoms with Crippen molar-refractivity contribution in [2.75, 3.05) is 23.8 Å².